The summed E-state index contributed by atoms with van der Waals surface area (Å²) in [6, 6.07) is 3.03. The summed E-state index contributed by atoms with van der Waals surface area (Å²) in [4.78, 5) is 10.8. The zero-order valence-corrected chi connectivity index (χ0v) is 10.1. The molecule has 0 unspecified atom stereocenters. The molecular formula is C12H8F4N2O2. The number of carboxylic acids is 1. The van der Waals surface area contributed by atoms with Crippen LogP contribution in [0.15, 0.2) is 24.3 Å². The third kappa shape index (κ3) is 2.63. The summed E-state index contributed by atoms with van der Waals surface area (Å²) in [6.07, 6.45) is -4.69. The number of aromatic nitrogens is 2. The van der Waals surface area contributed by atoms with Crippen LogP contribution >= 0.6 is 0 Å². The molecule has 0 spiro atoms. The summed E-state index contributed by atoms with van der Waals surface area (Å²) in [6.45, 7) is 0. The topological polar surface area (TPSA) is 55.1 Å². The van der Waals surface area contributed by atoms with Gasteiger partial charge >= 0.3 is 12.1 Å². The lowest BCUT2D eigenvalue weighted by atomic mass is 10.1. The molecule has 1 aromatic carbocycles. The van der Waals surface area contributed by atoms with E-state index in [0.29, 0.717) is 6.07 Å². The molecule has 0 atom stereocenters. The van der Waals surface area contributed by atoms with Crippen molar-refractivity contribution in [1.82, 2.24) is 9.78 Å². The van der Waals surface area contributed by atoms with E-state index in [0.717, 1.165) is 22.9 Å². The summed E-state index contributed by atoms with van der Waals surface area (Å²) < 4.78 is 52.0. The second-order valence-electron chi connectivity index (χ2n) is 4.07. The molecule has 106 valence electrons. The standard InChI is InChI=1S/C12H8F4N2O2/c1-18-10(11(19)20)5-9(17-18)6-2-7(12(14,15)16)4-8(13)3-6/h2-5H,1H3,(H,19,20). The Kier molecular flexibility index (Phi) is 3.24. The molecule has 0 aliphatic heterocycles. The molecule has 0 bridgehead atoms. The van der Waals surface area contributed by atoms with Gasteiger partial charge in [-0.3, -0.25) is 4.68 Å². The zero-order valence-electron chi connectivity index (χ0n) is 10.1. The van der Waals surface area contributed by atoms with Gasteiger partial charge in [0, 0.05) is 12.6 Å². The Morgan fingerprint density at radius 1 is 1.25 bits per heavy atom. The normalized spacial score (nSPS) is 11.7. The number of aryl methyl sites for hydroxylation is 1. The Morgan fingerprint density at radius 2 is 1.90 bits per heavy atom. The number of hydrogen-bond acceptors (Lipinski definition) is 2. The maximum Gasteiger partial charge on any atom is 0.416 e. The third-order valence-corrected chi connectivity index (χ3v) is 2.62. The summed E-state index contributed by atoms with van der Waals surface area (Å²) >= 11 is 0. The molecule has 0 saturated carbocycles. The molecule has 0 amide bonds. The van der Waals surface area contributed by atoms with Gasteiger partial charge in [0.2, 0.25) is 0 Å². The van der Waals surface area contributed by atoms with Crippen LogP contribution in [-0.4, -0.2) is 20.9 Å². The number of alkyl halides is 3. The highest BCUT2D eigenvalue weighted by molar-refractivity contribution is 5.87. The van der Waals surface area contributed by atoms with Gasteiger partial charge < -0.3 is 5.11 Å². The van der Waals surface area contributed by atoms with Crippen molar-refractivity contribution in [3.8, 4) is 11.3 Å². The van der Waals surface area contributed by atoms with Crippen molar-refractivity contribution in [2.75, 3.05) is 0 Å². The fourth-order valence-corrected chi connectivity index (χ4v) is 1.71. The molecule has 4 nitrogen and oxygen atoms in total. The van der Waals surface area contributed by atoms with Crippen LogP contribution in [-0.2, 0) is 13.2 Å². The van der Waals surface area contributed by atoms with Gasteiger partial charge in [-0.25, -0.2) is 9.18 Å². The predicted octanol–water partition coefficient (Wildman–Crippen LogP) is 2.94. The molecule has 1 aromatic heterocycles. The van der Waals surface area contributed by atoms with E-state index in [1.165, 1.54) is 7.05 Å². The summed E-state index contributed by atoms with van der Waals surface area (Å²) in [7, 11) is 1.33. The van der Waals surface area contributed by atoms with Crippen molar-refractivity contribution in [3.63, 3.8) is 0 Å². The first kappa shape index (κ1) is 14.0. The third-order valence-electron chi connectivity index (χ3n) is 2.62. The van der Waals surface area contributed by atoms with Gasteiger partial charge in [0.1, 0.15) is 11.5 Å². The van der Waals surface area contributed by atoms with Gasteiger partial charge in [0.05, 0.1) is 11.3 Å². The molecule has 0 saturated heterocycles. The van der Waals surface area contributed by atoms with Crippen LogP contribution in [0.1, 0.15) is 16.1 Å². The smallest absolute Gasteiger partial charge is 0.416 e. The second-order valence-corrected chi connectivity index (χ2v) is 4.07. The molecule has 1 N–H and O–H groups in total. The van der Waals surface area contributed by atoms with Crippen LogP contribution < -0.4 is 0 Å². The van der Waals surface area contributed by atoms with E-state index in [1.807, 2.05) is 0 Å². The Labute approximate surface area is 110 Å². The molecule has 0 aliphatic rings. The molecule has 2 rings (SSSR count). The first-order chi connectivity index (χ1) is 9.18. The molecule has 0 aliphatic carbocycles. The summed E-state index contributed by atoms with van der Waals surface area (Å²) in [5.74, 6) is -2.35. The molecule has 20 heavy (non-hydrogen) atoms. The van der Waals surface area contributed by atoms with Crippen LogP contribution in [0.2, 0.25) is 0 Å². The van der Waals surface area contributed by atoms with Gasteiger partial charge in [0.15, 0.2) is 0 Å². The Hall–Kier alpha value is -2.38. The monoisotopic (exact) mass is 288 g/mol. The van der Waals surface area contributed by atoms with Crippen LogP contribution in [0.25, 0.3) is 11.3 Å². The zero-order chi connectivity index (χ0) is 15.1. The van der Waals surface area contributed by atoms with Crippen LogP contribution in [0.4, 0.5) is 17.6 Å². The highest BCUT2D eigenvalue weighted by Gasteiger charge is 2.31. The number of benzene rings is 1. The van der Waals surface area contributed by atoms with E-state index in [2.05, 4.69) is 5.10 Å². The summed E-state index contributed by atoms with van der Waals surface area (Å²) in [5, 5.41) is 12.6. The van der Waals surface area contributed by atoms with Gasteiger partial charge in [-0.1, -0.05) is 0 Å². The first-order valence-electron chi connectivity index (χ1n) is 5.34. The second kappa shape index (κ2) is 4.62. The molecule has 1 heterocycles. The average Bonchev–Trinajstić information content (AvgIpc) is 2.69. The van der Waals surface area contributed by atoms with Crippen LogP contribution in [0.3, 0.4) is 0 Å². The Balaban J connectivity index is 2.56. The van der Waals surface area contributed by atoms with Gasteiger partial charge in [-0.2, -0.15) is 18.3 Å². The van der Waals surface area contributed by atoms with Crippen LogP contribution in [0, 0.1) is 5.82 Å². The van der Waals surface area contributed by atoms with Crippen molar-refractivity contribution < 1.29 is 27.5 Å². The fraction of sp³-hybridized carbons (Fsp3) is 0.167. The van der Waals surface area contributed by atoms with Gasteiger partial charge in [-0.05, 0) is 24.3 Å². The van der Waals surface area contributed by atoms with Crippen molar-refractivity contribution in [2.45, 2.75) is 6.18 Å². The minimum atomic E-state index is -4.69. The van der Waals surface area contributed by atoms with Gasteiger partial charge in [0.25, 0.3) is 0 Å². The number of carbonyl (C=O) groups is 1. The lowest BCUT2D eigenvalue weighted by Gasteiger charge is -2.08. The maximum absolute atomic E-state index is 13.3. The largest absolute Gasteiger partial charge is 0.477 e. The highest BCUT2D eigenvalue weighted by Crippen LogP contribution is 2.32. The van der Waals surface area contributed by atoms with Crippen LogP contribution in [0.5, 0.6) is 0 Å². The number of nitrogens with zero attached hydrogens (tertiary/aromatic N) is 2. The lowest BCUT2D eigenvalue weighted by Crippen LogP contribution is -2.05. The predicted molar refractivity (Wildman–Crippen MR) is 60.6 cm³/mol. The minimum absolute atomic E-state index is 0.0464. The number of halogens is 4. The molecular weight excluding hydrogens is 280 g/mol. The van der Waals surface area contributed by atoms with Crippen molar-refractivity contribution in [2.24, 2.45) is 7.05 Å². The molecule has 0 radical (unpaired) electrons. The number of rotatable bonds is 2. The highest BCUT2D eigenvalue weighted by atomic mass is 19.4. The lowest BCUT2D eigenvalue weighted by molar-refractivity contribution is -0.137. The van der Waals surface area contributed by atoms with E-state index in [9.17, 15) is 22.4 Å². The van der Waals surface area contributed by atoms with Crippen molar-refractivity contribution in [1.29, 1.82) is 0 Å². The maximum atomic E-state index is 13.3. The van der Waals surface area contributed by atoms with E-state index in [-0.39, 0.29) is 17.0 Å². The average molecular weight is 288 g/mol. The van der Waals surface area contributed by atoms with E-state index in [4.69, 9.17) is 5.11 Å². The quantitative estimate of drug-likeness (QED) is 0.864. The number of carboxylic acid groups (broad SMARTS) is 1. The minimum Gasteiger partial charge on any atom is -0.477 e. The van der Waals surface area contributed by atoms with Gasteiger partial charge in [-0.15, -0.1) is 0 Å². The van der Waals surface area contributed by atoms with E-state index < -0.39 is 23.5 Å². The fourth-order valence-electron chi connectivity index (χ4n) is 1.71. The van der Waals surface area contributed by atoms with E-state index in [1.54, 1.807) is 0 Å². The van der Waals surface area contributed by atoms with E-state index >= 15 is 0 Å². The number of hydrogen-bond donors (Lipinski definition) is 1. The van der Waals surface area contributed by atoms with Crippen molar-refractivity contribution in [3.05, 3.63) is 41.3 Å². The Morgan fingerprint density at radius 3 is 2.40 bits per heavy atom. The number of aromatic carboxylic acids is 1. The summed E-state index contributed by atoms with van der Waals surface area (Å²) in [5.41, 5.74) is -1.55. The first-order valence-corrected chi connectivity index (χ1v) is 5.34. The molecule has 2 aromatic rings. The molecule has 0 fully saturated rings. The Bertz CT molecular complexity index is 677. The molecule has 8 heteroatoms. The SMILES string of the molecule is Cn1nc(-c2cc(F)cc(C(F)(F)F)c2)cc1C(=O)O. The van der Waals surface area contributed by atoms with Crippen molar-refractivity contribution >= 4 is 5.97 Å².